The van der Waals surface area contributed by atoms with Crippen LogP contribution in [0.25, 0.3) is 5.69 Å². The maximum absolute atomic E-state index is 13.7. The van der Waals surface area contributed by atoms with Crippen molar-refractivity contribution in [3.8, 4) is 17.2 Å². The first kappa shape index (κ1) is 21.0. The minimum atomic E-state index is -4.76. The van der Waals surface area contributed by atoms with Crippen LogP contribution in [0.2, 0.25) is 5.02 Å². The lowest BCUT2D eigenvalue weighted by Gasteiger charge is -2.20. The van der Waals surface area contributed by atoms with E-state index in [-0.39, 0.29) is 12.2 Å². The lowest BCUT2D eigenvalue weighted by molar-refractivity contribution is -0.143. The molecule has 1 N–H and O–H groups in total. The van der Waals surface area contributed by atoms with Crippen LogP contribution in [0.4, 0.5) is 13.2 Å². The number of benzene rings is 2. The second-order valence-electron chi connectivity index (χ2n) is 6.76. The number of carbonyl (C=O) groups is 1. The van der Waals surface area contributed by atoms with Crippen molar-refractivity contribution in [2.45, 2.75) is 12.6 Å². The molecule has 4 rings (SSSR count). The first-order valence-electron chi connectivity index (χ1n) is 9.41. The molecular formula is C21H17ClF3N3O3. The number of halogens is 4. The van der Waals surface area contributed by atoms with Gasteiger partial charge in [0, 0.05) is 6.54 Å². The molecule has 0 unspecified atom stereocenters. The molecule has 0 fully saturated rings. The van der Waals surface area contributed by atoms with Crippen LogP contribution in [0.15, 0.2) is 48.7 Å². The highest BCUT2D eigenvalue weighted by Gasteiger charge is 2.40. The van der Waals surface area contributed by atoms with Crippen molar-refractivity contribution in [2.24, 2.45) is 0 Å². The lowest BCUT2D eigenvalue weighted by atomic mass is 10.1. The van der Waals surface area contributed by atoms with Gasteiger partial charge >= 0.3 is 6.18 Å². The molecule has 0 bridgehead atoms. The Bertz CT molecular complexity index is 1100. The van der Waals surface area contributed by atoms with E-state index < -0.39 is 23.3 Å². The Hall–Kier alpha value is -3.20. The van der Waals surface area contributed by atoms with Gasteiger partial charge in [-0.2, -0.15) is 18.3 Å². The van der Waals surface area contributed by atoms with E-state index in [1.54, 1.807) is 30.3 Å². The topological polar surface area (TPSA) is 65.4 Å². The molecule has 2 heterocycles. The predicted molar refractivity (Wildman–Crippen MR) is 107 cm³/mol. The minimum absolute atomic E-state index is 0.0998. The summed E-state index contributed by atoms with van der Waals surface area (Å²) in [6.45, 7) is 0.901. The molecule has 6 nitrogen and oxygen atoms in total. The molecule has 0 spiro atoms. The first-order chi connectivity index (χ1) is 14.8. The molecule has 31 heavy (non-hydrogen) atoms. The molecule has 1 aliphatic heterocycles. The molecule has 1 aliphatic rings. The molecule has 0 saturated heterocycles. The molecule has 10 heteroatoms. The summed E-state index contributed by atoms with van der Waals surface area (Å²) < 4.78 is 52.8. The quantitative estimate of drug-likeness (QED) is 0.628. The predicted octanol–water partition coefficient (Wildman–Crippen LogP) is 4.29. The van der Waals surface area contributed by atoms with Crippen LogP contribution in [0, 0.1) is 0 Å². The number of carbonyl (C=O) groups excluding carboxylic acids is 1. The van der Waals surface area contributed by atoms with Crippen molar-refractivity contribution in [1.82, 2.24) is 15.1 Å². The van der Waals surface area contributed by atoms with Gasteiger partial charge < -0.3 is 14.8 Å². The van der Waals surface area contributed by atoms with Crippen LogP contribution >= 0.6 is 11.6 Å². The Balaban J connectivity index is 1.49. The SMILES string of the molecule is O=C(NCCc1cc(Cl)c2c(c1)OCCO2)c1cnn(-c2ccccc2)c1C(F)(F)F. The summed E-state index contributed by atoms with van der Waals surface area (Å²) in [7, 11) is 0. The van der Waals surface area contributed by atoms with Crippen LogP contribution in [-0.2, 0) is 12.6 Å². The number of hydrogen-bond acceptors (Lipinski definition) is 4. The van der Waals surface area contributed by atoms with Gasteiger partial charge in [0.05, 0.1) is 22.5 Å². The van der Waals surface area contributed by atoms with Gasteiger partial charge in [0.15, 0.2) is 17.2 Å². The number of nitrogens with one attached hydrogen (secondary N) is 1. The maximum Gasteiger partial charge on any atom is 0.434 e. The fourth-order valence-corrected chi connectivity index (χ4v) is 3.56. The Morgan fingerprint density at radius 1 is 1.16 bits per heavy atom. The van der Waals surface area contributed by atoms with Crippen LogP contribution in [0.1, 0.15) is 21.6 Å². The summed E-state index contributed by atoms with van der Waals surface area (Å²) in [4.78, 5) is 12.5. The summed E-state index contributed by atoms with van der Waals surface area (Å²) in [5.41, 5.74) is -0.708. The molecule has 1 amide bonds. The van der Waals surface area contributed by atoms with E-state index in [1.807, 2.05) is 0 Å². The summed E-state index contributed by atoms with van der Waals surface area (Å²) in [6.07, 6.45) is -3.50. The number of aromatic nitrogens is 2. The number of para-hydroxylation sites is 1. The van der Waals surface area contributed by atoms with Crippen LogP contribution in [0.5, 0.6) is 11.5 Å². The number of rotatable bonds is 5. The molecule has 1 aromatic heterocycles. The fourth-order valence-electron chi connectivity index (χ4n) is 3.28. The van der Waals surface area contributed by atoms with Crippen molar-refractivity contribution in [3.63, 3.8) is 0 Å². The Morgan fingerprint density at radius 2 is 1.90 bits per heavy atom. The van der Waals surface area contributed by atoms with E-state index in [9.17, 15) is 18.0 Å². The first-order valence-corrected chi connectivity index (χ1v) is 9.79. The van der Waals surface area contributed by atoms with E-state index in [2.05, 4.69) is 10.4 Å². The van der Waals surface area contributed by atoms with Gasteiger partial charge in [-0.1, -0.05) is 29.8 Å². The third-order valence-electron chi connectivity index (χ3n) is 4.64. The Labute approximate surface area is 180 Å². The van der Waals surface area contributed by atoms with Crippen molar-refractivity contribution < 1.29 is 27.4 Å². The summed E-state index contributed by atoms with van der Waals surface area (Å²) in [5, 5.41) is 6.68. The van der Waals surface area contributed by atoms with Gasteiger partial charge in [0.2, 0.25) is 0 Å². The third kappa shape index (κ3) is 4.46. The standard InChI is InChI=1S/C21H17ClF3N3O3/c22-16-10-13(11-17-18(16)31-9-8-30-17)6-7-26-20(29)15-12-27-28(19(15)21(23,24)25)14-4-2-1-3-5-14/h1-5,10-12H,6-9H2,(H,26,29). The fraction of sp³-hybridized carbons (Fsp3) is 0.238. The molecule has 0 saturated carbocycles. The molecule has 0 atom stereocenters. The van der Waals surface area contributed by atoms with Crippen molar-refractivity contribution >= 4 is 17.5 Å². The van der Waals surface area contributed by atoms with E-state index in [0.29, 0.717) is 36.2 Å². The van der Waals surface area contributed by atoms with Crippen LogP contribution in [0.3, 0.4) is 0 Å². The minimum Gasteiger partial charge on any atom is -0.486 e. The molecule has 3 aromatic rings. The van der Waals surface area contributed by atoms with Gasteiger partial charge in [0.1, 0.15) is 13.2 Å². The van der Waals surface area contributed by atoms with E-state index in [1.165, 1.54) is 12.1 Å². The van der Waals surface area contributed by atoms with Crippen molar-refractivity contribution in [2.75, 3.05) is 19.8 Å². The smallest absolute Gasteiger partial charge is 0.434 e. The highest BCUT2D eigenvalue weighted by atomic mass is 35.5. The number of nitrogens with zero attached hydrogens (tertiary/aromatic N) is 2. The number of alkyl halides is 3. The number of amides is 1. The second-order valence-corrected chi connectivity index (χ2v) is 7.17. The summed E-state index contributed by atoms with van der Waals surface area (Å²) in [6, 6.07) is 11.2. The molecule has 0 radical (unpaired) electrons. The van der Waals surface area contributed by atoms with E-state index in [0.717, 1.165) is 16.4 Å². The highest BCUT2D eigenvalue weighted by Crippen LogP contribution is 2.38. The lowest BCUT2D eigenvalue weighted by Crippen LogP contribution is -2.28. The number of fused-ring (bicyclic) bond motifs is 1. The van der Waals surface area contributed by atoms with Crippen molar-refractivity contribution in [1.29, 1.82) is 0 Å². The zero-order valence-electron chi connectivity index (χ0n) is 16.1. The summed E-state index contributed by atoms with van der Waals surface area (Å²) in [5.74, 6) is 0.102. The molecule has 2 aromatic carbocycles. The maximum atomic E-state index is 13.7. The van der Waals surface area contributed by atoms with Crippen LogP contribution in [-0.4, -0.2) is 35.4 Å². The van der Waals surface area contributed by atoms with Gasteiger partial charge in [0.25, 0.3) is 5.91 Å². The van der Waals surface area contributed by atoms with Gasteiger partial charge in [-0.25, -0.2) is 4.68 Å². The highest BCUT2D eigenvalue weighted by molar-refractivity contribution is 6.32. The van der Waals surface area contributed by atoms with Crippen LogP contribution < -0.4 is 14.8 Å². The average Bonchev–Trinajstić information content (AvgIpc) is 3.20. The largest absolute Gasteiger partial charge is 0.486 e. The zero-order valence-corrected chi connectivity index (χ0v) is 16.8. The Morgan fingerprint density at radius 3 is 2.65 bits per heavy atom. The van der Waals surface area contributed by atoms with E-state index in [4.69, 9.17) is 21.1 Å². The zero-order chi connectivity index (χ0) is 22.0. The van der Waals surface area contributed by atoms with Crippen molar-refractivity contribution in [3.05, 3.63) is 70.5 Å². The third-order valence-corrected chi connectivity index (χ3v) is 4.92. The van der Waals surface area contributed by atoms with E-state index >= 15 is 0 Å². The molecular weight excluding hydrogens is 435 g/mol. The van der Waals surface area contributed by atoms with Gasteiger partial charge in [-0.3, -0.25) is 4.79 Å². The monoisotopic (exact) mass is 451 g/mol. The number of hydrogen-bond donors (Lipinski definition) is 1. The Kier molecular flexibility index (Phi) is 5.77. The molecule has 162 valence electrons. The average molecular weight is 452 g/mol. The van der Waals surface area contributed by atoms with Gasteiger partial charge in [-0.05, 0) is 36.2 Å². The number of ether oxygens (including phenoxy) is 2. The summed E-state index contributed by atoms with van der Waals surface area (Å²) >= 11 is 6.19. The second kappa shape index (κ2) is 8.50. The van der Waals surface area contributed by atoms with Gasteiger partial charge in [-0.15, -0.1) is 0 Å². The molecule has 0 aliphatic carbocycles. The normalized spacial score (nSPS) is 13.2.